The molecule has 2 aromatic rings. The second kappa shape index (κ2) is 9.90. The van der Waals surface area contributed by atoms with Gasteiger partial charge in [0.15, 0.2) is 11.5 Å². The van der Waals surface area contributed by atoms with Crippen molar-refractivity contribution in [2.75, 3.05) is 34.1 Å². The maximum atomic E-state index is 13.3. The molecular formula is C28H28F3NO6. The van der Waals surface area contributed by atoms with Crippen molar-refractivity contribution in [3.8, 4) is 28.4 Å². The van der Waals surface area contributed by atoms with Crippen LogP contribution in [0.25, 0.3) is 11.1 Å². The summed E-state index contributed by atoms with van der Waals surface area (Å²) in [6.45, 7) is 4.34. The van der Waals surface area contributed by atoms with Crippen LogP contribution in [0.15, 0.2) is 47.7 Å². The summed E-state index contributed by atoms with van der Waals surface area (Å²) in [7, 11) is 3.47. The number of nitrogens with zero attached hydrogens (tertiary/aromatic N) is 1. The van der Waals surface area contributed by atoms with Gasteiger partial charge in [-0.1, -0.05) is 12.1 Å². The molecule has 0 saturated carbocycles. The molecule has 5 rings (SSSR count). The van der Waals surface area contributed by atoms with Crippen LogP contribution in [0.3, 0.4) is 0 Å². The Morgan fingerprint density at radius 2 is 1.84 bits per heavy atom. The van der Waals surface area contributed by atoms with Gasteiger partial charge in [0.1, 0.15) is 12.7 Å². The lowest BCUT2D eigenvalue weighted by Gasteiger charge is -2.40. The summed E-state index contributed by atoms with van der Waals surface area (Å²) in [5.74, 6) is 0.868. The van der Waals surface area contributed by atoms with Crippen LogP contribution in [-0.2, 0) is 26.9 Å². The fourth-order valence-corrected chi connectivity index (χ4v) is 5.28. The summed E-state index contributed by atoms with van der Waals surface area (Å²) in [6.07, 6.45) is -1.25. The highest BCUT2D eigenvalue weighted by atomic mass is 19.4. The maximum absolute atomic E-state index is 13.3. The predicted octanol–water partition coefficient (Wildman–Crippen LogP) is 5.43. The first-order valence-corrected chi connectivity index (χ1v) is 12.2. The summed E-state index contributed by atoms with van der Waals surface area (Å²) in [6, 6.07) is 4.60. The van der Waals surface area contributed by atoms with E-state index in [-0.39, 0.29) is 19.4 Å². The van der Waals surface area contributed by atoms with Crippen molar-refractivity contribution in [2.24, 2.45) is 0 Å². The Morgan fingerprint density at radius 1 is 1.13 bits per heavy atom. The van der Waals surface area contributed by atoms with Gasteiger partial charge in [-0.2, -0.15) is 13.2 Å². The Labute approximate surface area is 218 Å². The number of esters is 1. The molecule has 0 aromatic heterocycles. The number of likely N-dealkylation sites (N-methyl/N-ethyl adjacent to an activating group) is 1. The minimum Gasteiger partial charge on any atom is -0.505 e. The van der Waals surface area contributed by atoms with Gasteiger partial charge in [-0.3, -0.25) is 4.90 Å². The molecule has 2 aromatic carbocycles. The molecule has 2 unspecified atom stereocenters. The number of fused-ring (bicyclic) bond motifs is 2. The van der Waals surface area contributed by atoms with E-state index in [9.17, 15) is 18.0 Å². The quantitative estimate of drug-likeness (QED) is 0.364. The van der Waals surface area contributed by atoms with Crippen molar-refractivity contribution < 1.29 is 41.7 Å². The zero-order valence-corrected chi connectivity index (χ0v) is 21.5. The molecule has 38 heavy (non-hydrogen) atoms. The molecule has 3 aliphatic heterocycles. The number of benzene rings is 2. The molecule has 0 amide bonds. The second-order valence-electron chi connectivity index (χ2n) is 9.46. The lowest BCUT2D eigenvalue weighted by Crippen LogP contribution is -2.40. The van der Waals surface area contributed by atoms with Gasteiger partial charge in [-0.15, -0.1) is 0 Å². The van der Waals surface area contributed by atoms with E-state index in [1.165, 1.54) is 25.5 Å². The van der Waals surface area contributed by atoms with Crippen LogP contribution in [0, 0.1) is 0 Å². The van der Waals surface area contributed by atoms with Crippen molar-refractivity contribution in [1.29, 1.82) is 0 Å². The zero-order chi connectivity index (χ0) is 27.2. The number of methoxy groups -OCH3 is 1. The first kappa shape index (κ1) is 26.0. The molecule has 10 heteroatoms. The molecule has 0 bridgehead atoms. The molecule has 0 aliphatic carbocycles. The maximum Gasteiger partial charge on any atom is 0.416 e. The molecule has 0 fully saturated rings. The van der Waals surface area contributed by atoms with Crippen LogP contribution in [0.2, 0.25) is 0 Å². The number of alkyl halides is 3. The van der Waals surface area contributed by atoms with Gasteiger partial charge in [0.05, 0.1) is 25.0 Å². The summed E-state index contributed by atoms with van der Waals surface area (Å²) in [5, 5.41) is 0. The number of halogens is 3. The summed E-state index contributed by atoms with van der Waals surface area (Å²) in [4.78, 5) is 14.6. The molecule has 7 nitrogen and oxygen atoms in total. The molecule has 202 valence electrons. The fraction of sp³-hybridized carbons (Fsp3) is 0.393. The Kier molecular flexibility index (Phi) is 6.77. The number of carbonyl (C=O) groups is 1. The monoisotopic (exact) mass is 531 g/mol. The highest BCUT2D eigenvalue weighted by Crippen LogP contribution is 2.57. The zero-order valence-electron chi connectivity index (χ0n) is 21.5. The molecule has 0 saturated heterocycles. The highest BCUT2D eigenvalue weighted by molar-refractivity contribution is 5.92. The summed E-state index contributed by atoms with van der Waals surface area (Å²) >= 11 is 0. The van der Waals surface area contributed by atoms with Gasteiger partial charge in [-0.25, -0.2) is 4.79 Å². The predicted molar refractivity (Wildman–Crippen MR) is 132 cm³/mol. The standard InChI is InChI=1S/C28H28F3NO6/c1-15-16(2)27(33)38-23(15)22-21-19(10-11-32(22)3)20(17-6-8-18(9-7-17)28(29,30)31)24-26(37-14-36-24)25(21)35-13-5-12-34-4/h5-9,12,22-23H,10-11,13-14H2,1-4H3/b12-5+. The van der Waals surface area contributed by atoms with E-state index in [4.69, 9.17) is 23.7 Å². The molecule has 0 N–H and O–H groups in total. The third-order valence-corrected chi connectivity index (χ3v) is 7.31. The van der Waals surface area contributed by atoms with E-state index in [0.29, 0.717) is 46.9 Å². The Balaban J connectivity index is 1.73. The van der Waals surface area contributed by atoms with Crippen LogP contribution >= 0.6 is 0 Å². The topological polar surface area (TPSA) is 66.5 Å². The lowest BCUT2D eigenvalue weighted by molar-refractivity contribution is -0.142. The number of ether oxygens (including phenoxy) is 5. The number of carbonyl (C=O) groups excluding carboxylic acids is 1. The van der Waals surface area contributed by atoms with E-state index in [2.05, 4.69) is 4.90 Å². The van der Waals surface area contributed by atoms with Crippen molar-refractivity contribution in [2.45, 2.75) is 38.6 Å². The van der Waals surface area contributed by atoms with Crippen LogP contribution < -0.4 is 14.2 Å². The average Bonchev–Trinajstić information content (AvgIpc) is 3.46. The largest absolute Gasteiger partial charge is 0.505 e. The van der Waals surface area contributed by atoms with E-state index < -0.39 is 23.9 Å². The van der Waals surface area contributed by atoms with E-state index in [1.54, 1.807) is 13.0 Å². The van der Waals surface area contributed by atoms with Crippen LogP contribution in [0.1, 0.15) is 36.6 Å². The molecular weight excluding hydrogens is 503 g/mol. The Hall–Kier alpha value is -3.66. The van der Waals surface area contributed by atoms with Gasteiger partial charge in [0, 0.05) is 23.2 Å². The Bertz CT molecular complexity index is 1320. The van der Waals surface area contributed by atoms with Gasteiger partial charge < -0.3 is 23.7 Å². The summed E-state index contributed by atoms with van der Waals surface area (Å²) in [5.41, 5.74) is 3.48. The van der Waals surface area contributed by atoms with Crippen molar-refractivity contribution in [3.05, 3.63) is 64.4 Å². The van der Waals surface area contributed by atoms with E-state index in [0.717, 1.165) is 28.8 Å². The number of hydrogen-bond acceptors (Lipinski definition) is 7. The van der Waals surface area contributed by atoms with Crippen molar-refractivity contribution in [1.82, 2.24) is 4.90 Å². The molecule has 0 radical (unpaired) electrons. The minimum atomic E-state index is -4.45. The third kappa shape index (κ3) is 4.36. The molecule has 2 atom stereocenters. The first-order valence-electron chi connectivity index (χ1n) is 12.2. The third-order valence-electron chi connectivity index (χ3n) is 7.31. The lowest BCUT2D eigenvalue weighted by atomic mass is 9.81. The van der Waals surface area contributed by atoms with Crippen LogP contribution in [0.4, 0.5) is 13.2 Å². The Morgan fingerprint density at radius 3 is 2.47 bits per heavy atom. The first-order chi connectivity index (χ1) is 18.1. The van der Waals surface area contributed by atoms with Crippen LogP contribution in [0.5, 0.6) is 17.2 Å². The van der Waals surface area contributed by atoms with Gasteiger partial charge in [0.25, 0.3) is 0 Å². The fourth-order valence-electron chi connectivity index (χ4n) is 5.28. The van der Waals surface area contributed by atoms with Gasteiger partial charge in [0.2, 0.25) is 12.5 Å². The number of rotatable bonds is 6. The van der Waals surface area contributed by atoms with Crippen molar-refractivity contribution >= 4 is 5.97 Å². The van der Waals surface area contributed by atoms with E-state index in [1.807, 2.05) is 14.0 Å². The summed E-state index contributed by atoms with van der Waals surface area (Å²) < 4.78 is 68.7. The minimum absolute atomic E-state index is 0.0624. The average molecular weight is 532 g/mol. The van der Waals surface area contributed by atoms with Crippen LogP contribution in [-0.4, -0.2) is 51.1 Å². The van der Waals surface area contributed by atoms with Gasteiger partial charge >= 0.3 is 12.1 Å². The number of cyclic esters (lactones) is 1. The smallest absolute Gasteiger partial charge is 0.416 e. The number of hydrogen-bond donors (Lipinski definition) is 0. The molecule has 3 aliphatic rings. The highest BCUT2D eigenvalue weighted by Gasteiger charge is 2.45. The van der Waals surface area contributed by atoms with Gasteiger partial charge in [-0.05, 0) is 62.2 Å². The molecule has 0 spiro atoms. The normalized spacial score (nSPS) is 21.2. The second-order valence-corrected chi connectivity index (χ2v) is 9.46. The SMILES string of the molecule is CO/C=C/COc1c2c(c(-c3ccc(C(F)(F)F)cc3)c3c1C(C1OC(=O)C(C)=C1C)N(C)CC3)OCO2. The molecule has 3 heterocycles. The van der Waals surface area contributed by atoms with E-state index >= 15 is 0 Å². The van der Waals surface area contributed by atoms with Crippen molar-refractivity contribution in [3.63, 3.8) is 0 Å².